The van der Waals surface area contributed by atoms with Gasteiger partial charge in [-0.3, -0.25) is 4.79 Å². The molecule has 6 nitrogen and oxygen atoms in total. The van der Waals surface area contributed by atoms with Crippen molar-refractivity contribution < 1.29 is 13.2 Å². The van der Waals surface area contributed by atoms with Gasteiger partial charge >= 0.3 is 0 Å². The molecule has 3 rings (SSSR count). The number of hydrogen-bond donors (Lipinski definition) is 1. The number of amides is 1. The molecule has 0 bridgehead atoms. The largest absolute Gasteiger partial charge is 0.355 e. The van der Waals surface area contributed by atoms with E-state index in [1.165, 1.54) is 8.61 Å². The summed E-state index contributed by atoms with van der Waals surface area (Å²) in [6.45, 7) is 1.13. The summed E-state index contributed by atoms with van der Waals surface area (Å²) in [5, 5.41) is 3.32. The van der Waals surface area contributed by atoms with Crippen molar-refractivity contribution in [2.45, 2.75) is 13.0 Å². The molecule has 27 heavy (non-hydrogen) atoms. The molecule has 0 saturated carbocycles. The first kappa shape index (κ1) is 19.8. The average Bonchev–Trinajstić information content (AvgIpc) is 2.92. The number of carbonyl (C=O) groups is 1. The predicted molar refractivity (Wildman–Crippen MR) is 106 cm³/mol. The van der Waals surface area contributed by atoms with Crippen LogP contribution < -0.4 is 5.32 Å². The lowest BCUT2D eigenvalue weighted by Gasteiger charge is -2.19. The Hall–Kier alpha value is -1.93. The van der Waals surface area contributed by atoms with E-state index >= 15 is 0 Å². The molecule has 0 aliphatic carbocycles. The Morgan fingerprint density at radius 2 is 1.67 bits per heavy atom. The van der Waals surface area contributed by atoms with Crippen LogP contribution in [-0.2, 0) is 28.0 Å². The molecule has 0 radical (unpaired) electrons. The smallest absolute Gasteiger partial charge is 0.282 e. The maximum Gasteiger partial charge on any atom is 0.282 e. The zero-order valence-corrected chi connectivity index (χ0v) is 16.4. The van der Waals surface area contributed by atoms with E-state index in [0.717, 1.165) is 11.1 Å². The molecule has 0 atom stereocenters. The summed E-state index contributed by atoms with van der Waals surface area (Å²) in [4.78, 5) is 12.1. The van der Waals surface area contributed by atoms with Crippen LogP contribution in [0.2, 0.25) is 5.02 Å². The SMILES string of the molecule is O=C(CN1CCN(Cc2ccccc2Cl)S1(=O)=O)NCCc1ccccc1. The molecule has 8 heteroatoms. The first-order valence-corrected chi connectivity index (χ1v) is 10.5. The molecule has 144 valence electrons. The third-order valence-electron chi connectivity index (χ3n) is 4.45. The van der Waals surface area contributed by atoms with Gasteiger partial charge in [0.1, 0.15) is 0 Å². The monoisotopic (exact) mass is 407 g/mol. The number of nitrogens with one attached hydrogen (secondary N) is 1. The Kier molecular flexibility index (Phi) is 6.49. The van der Waals surface area contributed by atoms with Crippen LogP contribution in [0, 0.1) is 0 Å². The summed E-state index contributed by atoms with van der Waals surface area (Å²) in [7, 11) is -3.67. The second kappa shape index (κ2) is 8.84. The van der Waals surface area contributed by atoms with E-state index in [1.807, 2.05) is 36.4 Å². The standard InChI is InChI=1S/C19H22ClN3O3S/c20-18-9-5-4-8-17(18)14-22-12-13-23(27(22,25)26)15-19(24)21-11-10-16-6-2-1-3-7-16/h1-9H,10-15H2,(H,21,24). The first-order valence-electron chi connectivity index (χ1n) is 8.76. The fraction of sp³-hybridized carbons (Fsp3) is 0.316. The van der Waals surface area contributed by atoms with E-state index in [2.05, 4.69) is 5.32 Å². The number of nitrogens with zero attached hydrogens (tertiary/aromatic N) is 2. The summed E-state index contributed by atoms with van der Waals surface area (Å²) in [5.74, 6) is -0.297. The van der Waals surface area contributed by atoms with Crippen molar-refractivity contribution in [3.8, 4) is 0 Å². The van der Waals surface area contributed by atoms with Gasteiger partial charge in [-0.25, -0.2) is 0 Å². The van der Waals surface area contributed by atoms with Crippen molar-refractivity contribution in [2.24, 2.45) is 0 Å². The Morgan fingerprint density at radius 1 is 1.00 bits per heavy atom. The van der Waals surface area contributed by atoms with Gasteiger partial charge in [0.2, 0.25) is 5.91 Å². The minimum atomic E-state index is -3.67. The van der Waals surface area contributed by atoms with Gasteiger partial charge in [-0.05, 0) is 23.6 Å². The highest BCUT2D eigenvalue weighted by Crippen LogP contribution is 2.23. The second-order valence-corrected chi connectivity index (χ2v) is 8.69. The maximum atomic E-state index is 12.7. The number of rotatable bonds is 7. The molecule has 1 saturated heterocycles. The molecular weight excluding hydrogens is 386 g/mol. The summed E-state index contributed by atoms with van der Waals surface area (Å²) in [6, 6.07) is 17.0. The molecule has 0 unspecified atom stereocenters. The van der Waals surface area contributed by atoms with Gasteiger partial charge in [0.25, 0.3) is 10.2 Å². The molecule has 0 spiro atoms. The van der Waals surface area contributed by atoms with E-state index in [4.69, 9.17) is 11.6 Å². The summed E-state index contributed by atoms with van der Waals surface area (Å²) in [6.07, 6.45) is 0.706. The Morgan fingerprint density at radius 3 is 2.41 bits per heavy atom. The molecule has 1 amide bonds. The van der Waals surface area contributed by atoms with Crippen LogP contribution in [0.25, 0.3) is 0 Å². The van der Waals surface area contributed by atoms with Crippen LogP contribution in [0.4, 0.5) is 0 Å². The van der Waals surface area contributed by atoms with Gasteiger partial charge in [0.15, 0.2) is 0 Å². The average molecular weight is 408 g/mol. The van der Waals surface area contributed by atoms with Crippen LogP contribution >= 0.6 is 11.6 Å². The highest BCUT2D eigenvalue weighted by molar-refractivity contribution is 7.87. The highest BCUT2D eigenvalue weighted by Gasteiger charge is 2.37. The number of benzene rings is 2. The fourth-order valence-corrected chi connectivity index (χ4v) is 4.69. The van der Waals surface area contributed by atoms with Crippen LogP contribution in [0.5, 0.6) is 0 Å². The van der Waals surface area contributed by atoms with E-state index in [-0.39, 0.29) is 19.0 Å². The van der Waals surface area contributed by atoms with Crippen LogP contribution in [0.3, 0.4) is 0 Å². The molecule has 1 aliphatic rings. The molecule has 1 fully saturated rings. The van der Waals surface area contributed by atoms with Crippen LogP contribution in [-0.4, -0.2) is 49.1 Å². The Bertz CT molecular complexity index is 890. The maximum absolute atomic E-state index is 12.7. The normalized spacial score (nSPS) is 17.1. The molecule has 2 aromatic rings. The van der Waals surface area contributed by atoms with Crippen molar-refractivity contribution in [2.75, 3.05) is 26.2 Å². The van der Waals surface area contributed by atoms with E-state index in [1.54, 1.807) is 18.2 Å². The van der Waals surface area contributed by atoms with E-state index in [9.17, 15) is 13.2 Å². The van der Waals surface area contributed by atoms with Gasteiger partial charge in [-0.1, -0.05) is 60.1 Å². The van der Waals surface area contributed by atoms with Gasteiger partial charge in [0.05, 0.1) is 6.54 Å². The number of carbonyl (C=O) groups excluding carboxylic acids is 1. The molecule has 2 aromatic carbocycles. The lowest BCUT2D eigenvalue weighted by molar-refractivity contribution is -0.121. The van der Waals surface area contributed by atoms with E-state index < -0.39 is 10.2 Å². The Balaban J connectivity index is 1.52. The zero-order chi connectivity index (χ0) is 19.3. The third kappa shape index (κ3) is 5.07. The fourth-order valence-electron chi connectivity index (χ4n) is 2.96. The van der Waals surface area contributed by atoms with Crippen LogP contribution in [0.1, 0.15) is 11.1 Å². The lowest BCUT2D eigenvalue weighted by atomic mass is 10.1. The summed E-state index contributed by atoms with van der Waals surface area (Å²) >= 11 is 6.13. The lowest BCUT2D eigenvalue weighted by Crippen LogP contribution is -2.40. The Labute approximate surface area is 164 Å². The molecule has 1 aliphatic heterocycles. The van der Waals surface area contributed by atoms with Crippen LogP contribution in [0.15, 0.2) is 54.6 Å². The molecular formula is C19H22ClN3O3S. The number of halogens is 1. The minimum Gasteiger partial charge on any atom is -0.355 e. The second-order valence-electron chi connectivity index (χ2n) is 6.35. The summed E-state index contributed by atoms with van der Waals surface area (Å²) < 4.78 is 27.9. The predicted octanol–water partition coefficient (Wildman–Crippen LogP) is 2.06. The van der Waals surface area contributed by atoms with E-state index in [0.29, 0.717) is 31.1 Å². The summed E-state index contributed by atoms with van der Waals surface area (Å²) in [5.41, 5.74) is 1.87. The van der Waals surface area contributed by atoms with Crippen molar-refractivity contribution in [3.05, 3.63) is 70.7 Å². The molecule has 1 N–H and O–H groups in total. The quantitative estimate of drug-likeness (QED) is 0.763. The highest BCUT2D eigenvalue weighted by atomic mass is 35.5. The van der Waals surface area contributed by atoms with Crippen molar-refractivity contribution in [1.82, 2.24) is 13.9 Å². The van der Waals surface area contributed by atoms with Crippen molar-refractivity contribution in [1.29, 1.82) is 0 Å². The number of hydrogen-bond acceptors (Lipinski definition) is 3. The van der Waals surface area contributed by atoms with Gasteiger partial charge in [-0.15, -0.1) is 0 Å². The van der Waals surface area contributed by atoms with Gasteiger partial charge in [-0.2, -0.15) is 17.0 Å². The first-order chi connectivity index (χ1) is 13.0. The van der Waals surface area contributed by atoms with Gasteiger partial charge < -0.3 is 5.32 Å². The zero-order valence-electron chi connectivity index (χ0n) is 14.8. The van der Waals surface area contributed by atoms with Crippen molar-refractivity contribution in [3.63, 3.8) is 0 Å². The van der Waals surface area contributed by atoms with Crippen molar-refractivity contribution >= 4 is 27.7 Å². The van der Waals surface area contributed by atoms with Gasteiger partial charge in [0, 0.05) is 31.2 Å². The topological polar surface area (TPSA) is 69.7 Å². The molecule has 0 aromatic heterocycles. The third-order valence-corrected chi connectivity index (χ3v) is 6.75. The molecule has 1 heterocycles. The minimum absolute atomic E-state index is 0.170.